The molecule has 0 saturated carbocycles. The molecule has 0 aliphatic rings. The fourth-order valence-electron chi connectivity index (χ4n) is 1.63. The first-order valence-electron chi connectivity index (χ1n) is 5.98. The van der Waals surface area contributed by atoms with Crippen LogP contribution in [0.3, 0.4) is 0 Å². The molecule has 104 valence electrons. The molecule has 0 unspecified atom stereocenters. The third kappa shape index (κ3) is 5.07. The van der Waals surface area contributed by atoms with Crippen LogP contribution in [0.4, 0.5) is 0 Å². The first-order chi connectivity index (χ1) is 9.04. The Morgan fingerprint density at radius 3 is 2.42 bits per heavy atom. The average molecular weight is 266 g/mol. The van der Waals surface area contributed by atoms with Crippen LogP contribution >= 0.6 is 0 Å². The number of aliphatic hydroxyl groups excluding tert-OH is 1. The van der Waals surface area contributed by atoms with Gasteiger partial charge in [-0.3, -0.25) is 4.79 Å². The minimum Gasteiger partial charge on any atom is -0.480 e. The highest BCUT2D eigenvalue weighted by atomic mass is 16.4. The van der Waals surface area contributed by atoms with E-state index in [1.807, 2.05) is 30.3 Å². The Balaban J connectivity index is 2.54. The number of benzene rings is 1. The van der Waals surface area contributed by atoms with Gasteiger partial charge in [-0.1, -0.05) is 30.3 Å². The Morgan fingerprint density at radius 2 is 1.89 bits per heavy atom. The molecule has 0 heterocycles. The van der Waals surface area contributed by atoms with Crippen LogP contribution < -0.4 is 11.1 Å². The van der Waals surface area contributed by atoms with Crippen LogP contribution in [0.5, 0.6) is 0 Å². The number of carboxylic acid groups (broad SMARTS) is 1. The van der Waals surface area contributed by atoms with Crippen molar-refractivity contribution in [3.05, 3.63) is 35.9 Å². The molecule has 1 amide bonds. The van der Waals surface area contributed by atoms with Gasteiger partial charge in [-0.2, -0.15) is 0 Å². The van der Waals surface area contributed by atoms with Gasteiger partial charge in [0, 0.05) is 13.0 Å². The minimum absolute atomic E-state index is 0.0425. The molecule has 0 bridgehead atoms. The van der Waals surface area contributed by atoms with E-state index >= 15 is 0 Å². The first-order valence-corrected chi connectivity index (χ1v) is 5.98. The molecule has 5 N–H and O–H groups in total. The summed E-state index contributed by atoms with van der Waals surface area (Å²) in [5.41, 5.74) is 6.63. The zero-order valence-corrected chi connectivity index (χ0v) is 10.5. The Bertz CT molecular complexity index is 422. The SMILES string of the molecule is N[C@@H](Cc1ccccc1)C(=O)N[C@H](CCO)C(=O)O. The Labute approximate surface area is 111 Å². The number of carbonyl (C=O) groups excluding carboxylic acids is 1. The highest BCUT2D eigenvalue weighted by Gasteiger charge is 2.22. The van der Waals surface area contributed by atoms with Crippen molar-refractivity contribution in [2.75, 3.05) is 6.61 Å². The molecule has 2 atom stereocenters. The molecule has 1 rings (SSSR count). The fraction of sp³-hybridized carbons (Fsp3) is 0.385. The van der Waals surface area contributed by atoms with Crippen LogP contribution in [0.25, 0.3) is 0 Å². The number of hydrogen-bond acceptors (Lipinski definition) is 4. The average Bonchev–Trinajstić information content (AvgIpc) is 2.39. The van der Waals surface area contributed by atoms with Gasteiger partial charge in [0.2, 0.25) is 5.91 Å². The van der Waals surface area contributed by atoms with E-state index in [2.05, 4.69) is 5.32 Å². The topological polar surface area (TPSA) is 113 Å². The number of aliphatic hydroxyl groups is 1. The zero-order valence-electron chi connectivity index (χ0n) is 10.5. The Kier molecular flexibility index (Phi) is 5.98. The Hall–Kier alpha value is -1.92. The lowest BCUT2D eigenvalue weighted by Crippen LogP contribution is -2.49. The van der Waals surface area contributed by atoms with Gasteiger partial charge in [-0.25, -0.2) is 4.79 Å². The van der Waals surface area contributed by atoms with Gasteiger partial charge in [-0.15, -0.1) is 0 Å². The molecular weight excluding hydrogens is 248 g/mol. The summed E-state index contributed by atoms with van der Waals surface area (Å²) in [6.45, 7) is -0.314. The zero-order chi connectivity index (χ0) is 14.3. The lowest BCUT2D eigenvalue weighted by Gasteiger charge is -2.17. The Morgan fingerprint density at radius 1 is 1.26 bits per heavy atom. The van der Waals surface area contributed by atoms with Gasteiger partial charge < -0.3 is 21.3 Å². The van der Waals surface area contributed by atoms with Gasteiger partial charge in [0.15, 0.2) is 0 Å². The van der Waals surface area contributed by atoms with E-state index in [4.69, 9.17) is 15.9 Å². The third-order valence-corrected chi connectivity index (χ3v) is 2.67. The van der Waals surface area contributed by atoms with E-state index in [1.165, 1.54) is 0 Å². The number of nitrogens with one attached hydrogen (secondary N) is 1. The van der Waals surface area contributed by atoms with Crippen molar-refractivity contribution in [3.63, 3.8) is 0 Å². The summed E-state index contributed by atoms with van der Waals surface area (Å²) < 4.78 is 0. The van der Waals surface area contributed by atoms with Crippen molar-refractivity contribution >= 4 is 11.9 Å². The van der Waals surface area contributed by atoms with Gasteiger partial charge >= 0.3 is 5.97 Å². The molecule has 0 aromatic heterocycles. The highest BCUT2D eigenvalue weighted by molar-refractivity contribution is 5.86. The summed E-state index contributed by atoms with van der Waals surface area (Å²) in [5.74, 6) is -1.72. The van der Waals surface area contributed by atoms with Crippen LogP contribution in [0, 0.1) is 0 Å². The van der Waals surface area contributed by atoms with Crippen molar-refractivity contribution in [1.29, 1.82) is 0 Å². The number of carboxylic acids is 1. The predicted molar refractivity (Wildman–Crippen MR) is 69.4 cm³/mol. The number of amides is 1. The van der Waals surface area contributed by atoms with Gasteiger partial charge in [0.05, 0.1) is 6.04 Å². The van der Waals surface area contributed by atoms with Gasteiger partial charge in [0.1, 0.15) is 6.04 Å². The van der Waals surface area contributed by atoms with E-state index in [1.54, 1.807) is 0 Å². The molecular formula is C13H18N2O4. The predicted octanol–water partition coefficient (Wildman–Crippen LogP) is -0.492. The first kappa shape index (κ1) is 15.1. The summed E-state index contributed by atoms with van der Waals surface area (Å²) in [6.07, 6.45) is 0.289. The van der Waals surface area contributed by atoms with Crippen LogP contribution in [0.15, 0.2) is 30.3 Å². The number of hydrogen-bond donors (Lipinski definition) is 4. The quantitative estimate of drug-likeness (QED) is 0.532. The highest BCUT2D eigenvalue weighted by Crippen LogP contribution is 2.02. The fourth-order valence-corrected chi connectivity index (χ4v) is 1.63. The van der Waals surface area contributed by atoms with E-state index in [0.29, 0.717) is 6.42 Å². The van der Waals surface area contributed by atoms with Gasteiger partial charge in [0.25, 0.3) is 0 Å². The second kappa shape index (κ2) is 7.50. The maximum atomic E-state index is 11.8. The standard InChI is InChI=1S/C13H18N2O4/c14-10(8-9-4-2-1-3-5-9)12(17)15-11(6-7-16)13(18)19/h1-5,10-11,16H,6-8,14H2,(H,15,17)(H,18,19)/t10-,11+/m0/s1. The van der Waals surface area contributed by atoms with Crippen molar-refractivity contribution in [3.8, 4) is 0 Å². The summed E-state index contributed by atoms with van der Waals surface area (Å²) >= 11 is 0. The van der Waals surface area contributed by atoms with Crippen LogP contribution in [-0.2, 0) is 16.0 Å². The minimum atomic E-state index is -1.19. The van der Waals surface area contributed by atoms with E-state index < -0.39 is 24.0 Å². The van der Waals surface area contributed by atoms with Crippen LogP contribution in [0.1, 0.15) is 12.0 Å². The van der Waals surface area contributed by atoms with Crippen LogP contribution in [0.2, 0.25) is 0 Å². The smallest absolute Gasteiger partial charge is 0.326 e. The van der Waals surface area contributed by atoms with Crippen molar-refractivity contribution in [2.24, 2.45) is 5.73 Å². The van der Waals surface area contributed by atoms with Gasteiger partial charge in [-0.05, 0) is 12.0 Å². The van der Waals surface area contributed by atoms with E-state index in [9.17, 15) is 9.59 Å². The van der Waals surface area contributed by atoms with Crippen molar-refractivity contribution in [1.82, 2.24) is 5.32 Å². The second-order valence-electron chi connectivity index (χ2n) is 4.21. The third-order valence-electron chi connectivity index (χ3n) is 2.67. The maximum absolute atomic E-state index is 11.8. The molecule has 0 aliphatic carbocycles. The molecule has 0 radical (unpaired) electrons. The summed E-state index contributed by atoms with van der Waals surface area (Å²) in [7, 11) is 0. The van der Waals surface area contributed by atoms with Crippen LogP contribution in [-0.4, -0.2) is 40.8 Å². The maximum Gasteiger partial charge on any atom is 0.326 e. The van der Waals surface area contributed by atoms with E-state index in [0.717, 1.165) is 5.56 Å². The number of carbonyl (C=O) groups is 2. The monoisotopic (exact) mass is 266 g/mol. The normalized spacial score (nSPS) is 13.6. The molecule has 1 aromatic carbocycles. The van der Waals surface area contributed by atoms with Crippen molar-refractivity contribution < 1.29 is 19.8 Å². The number of rotatable bonds is 7. The molecule has 1 aromatic rings. The molecule has 6 heteroatoms. The molecule has 0 spiro atoms. The lowest BCUT2D eigenvalue weighted by molar-refractivity contribution is -0.142. The van der Waals surface area contributed by atoms with Crippen molar-refractivity contribution in [2.45, 2.75) is 24.9 Å². The second-order valence-corrected chi connectivity index (χ2v) is 4.21. The largest absolute Gasteiger partial charge is 0.480 e. The lowest BCUT2D eigenvalue weighted by atomic mass is 10.1. The molecule has 0 saturated heterocycles. The molecule has 6 nitrogen and oxygen atoms in total. The molecule has 0 fully saturated rings. The van der Waals surface area contributed by atoms with E-state index in [-0.39, 0.29) is 13.0 Å². The molecule has 0 aliphatic heterocycles. The number of aliphatic carboxylic acids is 1. The summed E-state index contributed by atoms with van der Waals surface area (Å²) in [4.78, 5) is 22.6. The summed E-state index contributed by atoms with van der Waals surface area (Å²) in [6, 6.07) is 7.29. The summed E-state index contributed by atoms with van der Waals surface area (Å²) in [5, 5.41) is 19.9. The molecule has 19 heavy (non-hydrogen) atoms. The number of nitrogens with two attached hydrogens (primary N) is 1.